The molecule has 0 saturated heterocycles. The van der Waals surface area contributed by atoms with Crippen molar-refractivity contribution in [2.45, 2.75) is 32.7 Å². The van der Waals surface area contributed by atoms with E-state index in [0.29, 0.717) is 18.8 Å². The van der Waals surface area contributed by atoms with Gasteiger partial charge in [-0.2, -0.15) is 5.10 Å². The van der Waals surface area contributed by atoms with Crippen molar-refractivity contribution >= 4 is 11.6 Å². The predicted octanol–water partition coefficient (Wildman–Crippen LogP) is 0.378. The van der Waals surface area contributed by atoms with Crippen LogP contribution in [0.4, 0.5) is 5.69 Å². The van der Waals surface area contributed by atoms with Gasteiger partial charge in [-0.25, -0.2) is 0 Å². The Labute approximate surface area is 101 Å². The number of hydrogen-bond acceptors (Lipinski definition) is 4. The van der Waals surface area contributed by atoms with E-state index >= 15 is 0 Å². The summed E-state index contributed by atoms with van der Waals surface area (Å²) in [5.74, 6) is -0.237. The Morgan fingerprint density at radius 3 is 2.88 bits per heavy atom. The molecule has 1 aromatic rings. The molecule has 0 radical (unpaired) electrons. The van der Waals surface area contributed by atoms with Gasteiger partial charge in [0.05, 0.1) is 5.69 Å². The van der Waals surface area contributed by atoms with Crippen LogP contribution in [0.1, 0.15) is 36.7 Å². The molecular weight excluding hydrogens is 220 g/mol. The lowest BCUT2D eigenvalue weighted by Crippen LogP contribution is -2.25. The fourth-order valence-electron chi connectivity index (χ4n) is 1.47. The van der Waals surface area contributed by atoms with Gasteiger partial charge in [-0.3, -0.25) is 9.48 Å². The molecular formula is C11H20N4O2. The number of amides is 1. The molecule has 17 heavy (non-hydrogen) atoms. The van der Waals surface area contributed by atoms with Gasteiger partial charge in [-0.05, 0) is 26.2 Å². The second-order valence-corrected chi connectivity index (χ2v) is 3.83. The quantitative estimate of drug-likeness (QED) is 0.600. The molecule has 0 saturated carbocycles. The van der Waals surface area contributed by atoms with Crippen LogP contribution in [0.3, 0.4) is 0 Å². The third-order valence-corrected chi connectivity index (χ3v) is 2.45. The topological polar surface area (TPSA) is 93.2 Å². The monoisotopic (exact) mass is 240 g/mol. The first-order valence-electron chi connectivity index (χ1n) is 5.91. The van der Waals surface area contributed by atoms with Gasteiger partial charge in [0.15, 0.2) is 5.69 Å². The summed E-state index contributed by atoms with van der Waals surface area (Å²) >= 11 is 0. The average molecular weight is 240 g/mol. The first-order chi connectivity index (χ1) is 8.19. The van der Waals surface area contributed by atoms with Crippen LogP contribution in [0.15, 0.2) is 6.20 Å². The molecule has 0 unspecified atom stereocenters. The number of nitrogens with zero attached hydrogens (tertiary/aromatic N) is 2. The van der Waals surface area contributed by atoms with Crippen LogP contribution in [0.25, 0.3) is 0 Å². The van der Waals surface area contributed by atoms with Crippen molar-refractivity contribution in [1.29, 1.82) is 0 Å². The molecule has 1 aromatic heterocycles. The largest absolute Gasteiger partial charge is 0.396 e. The van der Waals surface area contributed by atoms with Gasteiger partial charge in [0, 0.05) is 25.9 Å². The minimum atomic E-state index is -0.237. The van der Waals surface area contributed by atoms with Gasteiger partial charge in [0.25, 0.3) is 5.91 Å². The smallest absolute Gasteiger partial charge is 0.273 e. The van der Waals surface area contributed by atoms with Crippen LogP contribution in [0, 0.1) is 0 Å². The Kier molecular flexibility index (Phi) is 5.48. The molecule has 0 bridgehead atoms. The van der Waals surface area contributed by atoms with Crippen LogP contribution >= 0.6 is 0 Å². The molecule has 0 aromatic carbocycles. The second kappa shape index (κ2) is 6.90. The maximum absolute atomic E-state index is 11.7. The summed E-state index contributed by atoms with van der Waals surface area (Å²) in [5, 5.41) is 15.4. The molecule has 1 rings (SSSR count). The molecule has 0 aliphatic carbocycles. The van der Waals surface area contributed by atoms with Crippen molar-refractivity contribution < 1.29 is 9.90 Å². The summed E-state index contributed by atoms with van der Waals surface area (Å²) < 4.78 is 1.63. The lowest BCUT2D eigenvalue weighted by Gasteiger charge is -2.03. The van der Waals surface area contributed by atoms with E-state index in [2.05, 4.69) is 10.4 Å². The van der Waals surface area contributed by atoms with E-state index in [1.165, 1.54) is 0 Å². The molecule has 0 spiro atoms. The number of aromatic nitrogens is 2. The number of nitrogen functional groups attached to an aromatic ring is 1. The molecule has 0 atom stereocenters. The third kappa shape index (κ3) is 4.07. The van der Waals surface area contributed by atoms with E-state index in [0.717, 1.165) is 19.3 Å². The molecule has 0 aliphatic heterocycles. The molecule has 6 nitrogen and oxygen atoms in total. The minimum absolute atomic E-state index is 0.196. The predicted molar refractivity (Wildman–Crippen MR) is 65.6 cm³/mol. The van der Waals surface area contributed by atoms with Gasteiger partial charge >= 0.3 is 0 Å². The van der Waals surface area contributed by atoms with Crippen LogP contribution in [0.5, 0.6) is 0 Å². The van der Waals surface area contributed by atoms with Crippen molar-refractivity contribution in [2.75, 3.05) is 18.9 Å². The van der Waals surface area contributed by atoms with Gasteiger partial charge in [0.2, 0.25) is 0 Å². The minimum Gasteiger partial charge on any atom is -0.396 e. The lowest BCUT2D eigenvalue weighted by molar-refractivity contribution is 0.0948. The Bertz CT molecular complexity index is 362. The molecule has 1 amide bonds. The first-order valence-corrected chi connectivity index (χ1v) is 5.91. The third-order valence-electron chi connectivity index (χ3n) is 2.45. The molecule has 1 heterocycles. The number of hydrogen-bond donors (Lipinski definition) is 3. The number of rotatable bonds is 7. The van der Waals surface area contributed by atoms with Gasteiger partial charge < -0.3 is 16.2 Å². The Balaban J connectivity index is 2.38. The molecule has 96 valence electrons. The van der Waals surface area contributed by atoms with Gasteiger partial charge in [-0.15, -0.1) is 0 Å². The van der Waals surface area contributed by atoms with E-state index in [4.69, 9.17) is 10.8 Å². The number of nitrogens with two attached hydrogens (primary N) is 1. The Morgan fingerprint density at radius 1 is 1.53 bits per heavy atom. The van der Waals surface area contributed by atoms with E-state index in [9.17, 15) is 4.79 Å². The number of carbonyl (C=O) groups excluding carboxylic acids is 1. The number of anilines is 1. The molecule has 0 aliphatic rings. The summed E-state index contributed by atoms with van der Waals surface area (Å²) in [7, 11) is 0. The number of unbranched alkanes of at least 4 members (excludes halogenated alkanes) is 2. The van der Waals surface area contributed by atoms with E-state index in [1.54, 1.807) is 10.9 Å². The fraction of sp³-hybridized carbons (Fsp3) is 0.636. The van der Waals surface area contributed by atoms with Crippen LogP contribution < -0.4 is 11.1 Å². The van der Waals surface area contributed by atoms with Crippen LogP contribution in [0.2, 0.25) is 0 Å². The highest BCUT2D eigenvalue weighted by Gasteiger charge is 2.13. The lowest BCUT2D eigenvalue weighted by atomic mass is 10.2. The molecule has 4 N–H and O–H groups in total. The number of aliphatic hydroxyl groups excluding tert-OH is 1. The molecule has 0 fully saturated rings. The van der Waals surface area contributed by atoms with Crippen LogP contribution in [-0.4, -0.2) is 33.9 Å². The maximum Gasteiger partial charge on any atom is 0.273 e. The standard InChI is InChI=1S/C11H20N4O2/c1-2-15-8-9(12)10(14-15)11(17)13-6-4-3-5-7-16/h8,16H,2-7,12H2,1H3,(H,13,17). The van der Waals surface area contributed by atoms with Crippen molar-refractivity contribution in [3.8, 4) is 0 Å². The fourth-order valence-corrected chi connectivity index (χ4v) is 1.47. The Hall–Kier alpha value is -1.56. The summed E-state index contributed by atoms with van der Waals surface area (Å²) in [6.07, 6.45) is 4.17. The number of aryl methyl sites for hydroxylation is 1. The van der Waals surface area contributed by atoms with Crippen molar-refractivity contribution in [2.24, 2.45) is 0 Å². The van der Waals surface area contributed by atoms with Crippen molar-refractivity contribution in [3.63, 3.8) is 0 Å². The second-order valence-electron chi connectivity index (χ2n) is 3.83. The Morgan fingerprint density at radius 2 is 2.29 bits per heavy atom. The zero-order chi connectivity index (χ0) is 12.7. The highest BCUT2D eigenvalue weighted by molar-refractivity contribution is 5.96. The SMILES string of the molecule is CCn1cc(N)c(C(=O)NCCCCCO)n1. The zero-order valence-corrected chi connectivity index (χ0v) is 10.1. The zero-order valence-electron chi connectivity index (χ0n) is 10.1. The highest BCUT2D eigenvalue weighted by Crippen LogP contribution is 2.08. The summed E-state index contributed by atoms with van der Waals surface area (Å²) in [6, 6.07) is 0. The number of aliphatic hydroxyl groups is 1. The van der Waals surface area contributed by atoms with E-state index < -0.39 is 0 Å². The maximum atomic E-state index is 11.7. The number of carbonyl (C=O) groups is 1. The summed E-state index contributed by atoms with van der Waals surface area (Å²) in [4.78, 5) is 11.7. The first kappa shape index (κ1) is 13.5. The normalized spacial score (nSPS) is 10.5. The van der Waals surface area contributed by atoms with Crippen LogP contribution in [-0.2, 0) is 6.54 Å². The van der Waals surface area contributed by atoms with E-state index in [1.807, 2.05) is 6.92 Å². The van der Waals surface area contributed by atoms with Crippen molar-refractivity contribution in [1.82, 2.24) is 15.1 Å². The van der Waals surface area contributed by atoms with Crippen molar-refractivity contribution in [3.05, 3.63) is 11.9 Å². The molecule has 6 heteroatoms. The highest BCUT2D eigenvalue weighted by atomic mass is 16.2. The number of nitrogens with one attached hydrogen (secondary N) is 1. The average Bonchev–Trinajstić information content (AvgIpc) is 2.70. The van der Waals surface area contributed by atoms with Gasteiger partial charge in [-0.1, -0.05) is 0 Å². The summed E-state index contributed by atoms with van der Waals surface area (Å²) in [5.41, 5.74) is 6.38. The summed E-state index contributed by atoms with van der Waals surface area (Å²) in [6.45, 7) is 3.40. The van der Waals surface area contributed by atoms with Gasteiger partial charge in [0.1, 0.15) is 0 Å². The van der Waals surface area contributed by atoms with E-state index in [-0.39, 0.29) is 18.2 Å².